The van der Waals surface area contributed by atoms with Gasteiger partial charge in [-0.05, 0) is 26.1 Å². The number of ether oxygens (including phenoxy) is 1. The Morgan fingerprint density at radius 1 is 1.50 bits per heavy atom. The molecule has 0 saturated heterocycles. The van der Waals surface area contributed by atoms with Crippen molar-refractivity contribution in [2.75, 3.05) is 20.7 Å². The Hall–Kier alpha value is -1.17. The van der Waals surface area contributed by atoms with E-state index in [0.29, 0.717) is 24.3 Å². The molecule has 1 aromatic heterocycles. The summed E-state index contributed by atoms with van der Waals surface area (Å²) in [4.78, 5) is 3.91. The molecule has 3 N–H and O–H groups in total. The second-order valence-corrected chi connectivity index (χ2v) is 3.52. The molecule has 1 rings (SSSR count). The topological polar surface area (TPSA) is 74.6 Å². The second-order valence-electron chi connectivity index (χ2n) is 3.52. The first-order valence-electron chi connectivity index (χ1n) is 5.19. The van der Waals surface area contributed by atoms with Crippen LogP contribution in [0.2, 0.25) is 0 Å². The van der Waals surface area contributed by atoms with E-state index >= 15 is 0 Å². The Morgan fingerprint density at radius 2 is 2.25 bits per heavy atom. The third kappa shape index (κ3) is 3.16. The highest BCUT2D eigenvalue weighted by molar-refractivity contribution is 5.32. The summed E-state index contributed by atoms with van der Waals surface area (Å²) in [6.45, 7) is 0.640. The number of aliphatic hydroxyl groups excluding tert-OH is 2. The summed E-state index contributed by atoms with van der Waals surface area (Å²) < 4.78 is 5.09. The van der Waals surface area contributed by atoms with Crippen LogP contribution in [-0.2, 0) is 0 Å². The number of aromatic nitrogens is 1. The van der Waals surface area contributed by atoms with Gasteiger partial charge in [-0.15, -0.1) is 0 Å². The van der Waals surface area contributed by atoms with Crippen molar-refractivity contribution in [1.29, 1.82) is 0 Å². The fourth-order valence-corrected chi connectivity index (χ4v) is 1.46. The maximum atomic E-state index is 9.93. The van der Waals surface area contributed by atoms with Gasteiger partial charge >= 0.3 is 0 Å². The van der Waals surface area contributed by atoms with Crippen LogP contribution in [0.15, 0.2) is 18.5 Å². The van der Waals surface area contributed by atoms with Crippen LogP contribution in [0.25, 0.3) is 0 Å². The van der Waals surface area contributed by atoms with Crippen molar-refractivity contribution in [3.05, 3.63) is 24.0 Å². The number of rotatable bonds is 6. The van der Waals surface area contributed by atoms with E-state index in [0.717, 1.165) is 0 Å². The Kier molecular flexibility index (Phi) is 5.18. The largest absolute Gasteiger partial charge is 0.496 e. The van der Waals surface area contributed by atoms with Crippen LogP contribution >= 0.6 is 0 Å². The van der Waals surface area contributed by atoms with Crippen LogP contribution < -0.4 is 10.1 Å². The summed E-state index contributed by atoms with van der Waals surface area (Å²) in [6.07, 6.45) is 1.75. The standard InChI is InChI=1S/C11H18N2O3/c1-12-5-3-9(14)11(15)8-7-13-6-4-10(8)16-2/h4,6-7,9,11-12,14-15H,3,5H2,1-2H3. The van der Waals surface area contributed by atoms with Gasteiger partial charge in [0.1, 0.15) is 11.9 Å². The van der Waals surface area contributed by atoms with E-state index in [9.17, 15) is 10.2 Å². The van der Waals surface area contributed by atoms with E-state index in [1.165, 1.54) is 13.3 Å². The molecule has 0 aliphatic heterocycles. The monoisotopic (exact) mass is 226 g/mol. The molecular weight excluding hydrogens is 208 g/mol. The van der Waals surface area contributed by atoms with E-state index in [1.54, 1.807) is 19.3 Å². The van der Waals surface area contributed by atoms with Gasteiger partial charge in [-0.2, -0.15) is 0 Å². The lowest BCUT2D eigenvalue weighted by Crippen LogP contribution is -2.23. The zero-order valence-electron chi connectivity index (χ0n) is 9.55. The smallest absolute Gasteiger partial charge is 0.127 e. The number of methoxy groups -OCH3 is 1. The molecular formula is C11H18N2O3. The van der Waals surface area contributed by atoms with Crippen LogP contribution in [0.5, 0.6) is 5.75 Å². The highest BCUT2D eigenvalue weighted by Gasteiger charge is 2.21. The molecule has 0 aliphatic carbocycles. The highest BCUT2D eigenvalue weighted by atomic mass is 16.5. The second kappa shape index (κ2) is 6.42. The van der Waals surface area contributed by atoms with Crippen molar-refractivity contribution in [3.8, 4) is 5.75 Å². The summed E-state index contributed by atoms with van der Waals surface area (Å²) in [7, 11) is 3.31. The fraction of sp³-hybridized carbons (Fsp3) is 0.545. The Labute approximate surface area is 95.1 Å². The maximum absolute atomic E-state index is 9.93. The number of nitrogens with zero attached hydrogens (tertiary/aromatic N) is 1. The lowest BCUT2D eigenvalue weighted by atomic mass is 10.0. The van der Waals surface area contributed by atoms with Crippen LogP contribution in [0.4, 0.5) is 0 Å². The lowest BCUT2D eigenvalue weighted by molar-refractivity contribution is 0.0125. The molecule has 0 saturated carbocycles. The summed E-state index contributed by atoms with van der Waals surface area (Å²) in [5.74, 6) is 0.533. The molecule has 90 valence electrons. The van der Waals surface area contributed by atoms with E-state index in [-0.39, 0.29) is 0 Å². The van der Waals surface area contributed by atoms with Crippen molar-refractivity contribution in [3.63, 3.8) is 0 Å². The SMILES string of the molecule is CNCCC(O)C(O)c1cnccc1OC. The molecule has 0 amide bonds. The van der Waals surface area contributed by atoms with E-state index in [1.807, 2.05) is 0 Å². The van der Waals surface area contributed by atoms with Gasteiger partial charge in [0.15, 0.2) is 0 Å². The van der Waals surface area contributed by atoms with Gasteiger partial charge in [0.2, 0.25) is 0 Å². The highest BCUT2D eigenvalue weighted by Crippen LogP contribution is 2.26. The number of pyridine rings is 1. The van der Waals surface area contributed by atoms with Crippen molar-refractivity contribution >= 4 is 0 Å². The molecule has 1 aromatic rings. The van der Waals surface area contributed by atoms with Crippen molar-refractivity contribution in [2.45, 2.75) is 18.6 Å². The summed E-state index contributed by atoms with van der Waals surface area (Å²) in [6, 6.07) is 1.66. The molecule has 1 heterocycles. The third-order valence-electron chi connectivity index (χ3n) is 2.40. The fourth-order valence-electron chi connectivity index (χ4n) is 1.46. The first kappa shape index (κ1) is 12.9. The van der Waals surface area contributed by atoms with Crippen molar-refractivity contribution in [2.24, 2.45) is 0 Å². The van der Waals surface area contributed by atoms with Gasteiger partial charge in [0, 0.05) is 18.0 Å². The average molecular weight is 226 g/mol. The van der Waals surface area contributed by atoms with E-state index in [4.69, 9.17) is 4.74 Å². The molecule has 5 nitrogen and oxygen atoms in total. The van der Waals surface area contributed by atoms with Gasteiger partial charge in [-0.1, -0.05) is 0 Å². The molecule has 2 unspecified atom stereocenters. The Bertz CT molecular complexity index is 320. The molecule has 16 heavy (non-hydrogen) atoms. The van der Waals surface area contributed by atoms with Gasteiger partial charge in [-0.25, -0.2) is 0 Å². The summed E-state index contributed by atoms with van der Waals surface area (Å²) in [5, 5.41) is 22.6. The van der Waals surface area contributed by atoms with Gasteiger partial charge < -0.3 is 20.3 Å². The maximum Gasteiger partial charge on any atom is 0.127 e. The van der Waals surface area contributed by atoms with Gasteiger partial charge in [0.25, 0.3) is 0 Å². The molecule has 5 heteroatoms. The minimum absolute atomic E-state index is 0.468. The molecule has 0 spiro atoms. The van der Waals surface area contributed by atoms with Gasteiger partial charge in [0.05, 0.1) is 13.2 Å². The zero-order chi connectivity index (χ0) is 12.0. The predicted molar refractivity (Wildman–Crippen MR) is 60.3 cm³/mol. The molecule has 0 aromatic carbocycles. The average Bonchev–Trinajstić information content (AvgIpc) is 2.34. The predicted octanol–water partition coefficient (Wildman–Crippen LogP) is 0.0940. The number of aliphatic hydroxyl groups is 2. The van der Waals surface area contributed by atoms with Crippen molar-refractivity contribution < 1.29 is 14.9 Å². The lowest BCUT2D eigenvalue weighted by Gasteiger charge is -2.19. The first-order valence-corrected chi connectivity index (χ1v) is 5.19. The summed E-state index contributed by atoms with van der Waals surface area (Å²) >= 11 is 0. The quantitative estimate of drug-likeness (QED) is 0.641. The van der Waals surface area contributed by atoms with Crippen molar-refractivity contribution in [1.82, 2.24) is 10.3 Å². The molecule has 0 fully saturated rings. The normalized spacial score (nSPS) is 14.5. The van der Waals surface area contributed by atoms with E-state index in [2.05, 4.69) is 10.3 Å². The first-order chi connectivity index (χ1) is 7.70. The summed E-state index contributed by atoms with van der Waals surface area (Å²) in [5.41, 5.74) is 0.508. The van der Waals surface area contributed by atoms with Crippen LogP contribution in [-0.4, -0.2) is 42.0 Å². The minimum Gasteiger partial charge on any atom is -0.496 e. The van der Waals surface area contributed by atoms with E-state index < -0.39 is 12.2 Å². The Morgan fingerprint density at radius 3 is 2.88 bits per heavy atom. The van der Waals surface area contributed by atoms with Crippen LogP contribution in [0.1, 0.15) is 18.1 Å². The number of nitrogens with one attached hydrogen (secondary N) is 1. The minimum atomic E-state index is -0.975. The molecule has 0 radical (unpaired) electrons. The molecule has 0 bridgehead atoms. The van der Waals surface area contributed by atoms with Crippen LogP contribution in [0, 0.1) is 0 Å². The van der Waals surface area contributed by atoms with Gasteiger partial charge in [-0.3, -0.25) is 4.98 Å². The number of hydrogen-bond acceptors (Lipinski definition) is 5. The van der Waals surface area contributed by atoms with Crippen LogP contribution in [0.3, 0.4) is 0 Å². The Balaban J connectivity index is 2.74. The zero-order valence-corrected chi connectivity index (χ0v) is 9.55. The number of hydrogen-bond donors (Lipinski definition) is 3. The molecule has 2 atom stereocenters. The third-order valence-corrected chi connectivity index (χ3v) is 2.40. The molecule has 0 aliphatic rings.